The zero-order valence-corrected chi connectivity index (χ0v) is 16.8. The van der Waals surface area contributed by atoms with Gasteiger partial charge in [0.25, 0.3) is 0 Å². The van der Waals surface area contributed by atoms with Crippen LogP contribution in [-0.4, -0.2) is 56.7 Å². The van der Waals surface area contributed by atoms with Crippen LogP contribution in [0.3, 0.4) is 0 Å². The Labute approximate surface area is 176 Å². The summed E-state index contributed by atoms with van der Waals surface area (Å²) in [6.07, 6.45) is 0.741. The molecule has 0 saturated carbocycles. The van der Waals surface area contributed by atoms with E-state index in [2.05, 4.69) is 20.4 Å². The van der Waals surface area contributed by atoms with Crippen molar-refractivity contribution in [2.45, 2.75) is 32.5 Å². The van der Waals surface area contributed by atoms with Crippen molar-refractivity contribution in [3.63, 3.8) is 0 Å². The Morgan fingerprint density at radius 1 is 1.32 bits per heavy atom. The number of halogens is 3. The smallest absolute Gasteiger partial charge is 0.422 e. The molecular formula is C20H22F3N5O3. The predicted molar refractivity (Wildman–Crippen MR) is 106 cm³/mol. The van der Waals surface area contributed by atoms with Crippen LogP contribution < -0.4 is 10.1 Å². The lowest BCUT2D eigenvalue weighted by Crippen LogP contribution is -2.26. The first-order valence-corrected chi connectivity index (χ1v) is 9.59. The van der Waals surface area contributed by atoms with Crippen molar-refractivity contribution in [1.29, 1.82) is 0 Å². The number of carbonyl (C=O) groups excluding carboxylic acids is 1. The molecule has 3 aromatic heterocycles. The highest BCUT2D eigenvalue weighted by molar-refractivity contribution is 5.86. The predicted octanol–water partition coefficient (Wildman–Crippen LogP) is 2.17. The molecule has 3 heterocycles. The maximum Gasteiger partial charge on any atom is 0.422 e. The van der Waals surface area contributed by atoms with E-state index in [4.69, 9.17) is 9.84 Å². The van der Waals surface area contributed by atoms with Crippen molar-refractivity contribution in [3.05, 3.63) is 47.7 Å². The number of aliphatic hydroxyl groups excluding tert-OH is 1. The molecule has 31 heavy (non-hydrogen) atoms. The van der Waals surface area contributed by atoms with Crippen molar-refractivity contribution in [2.75, 3.05) is 19.8 Å². The van der Waals surface area contributed by atoms with Gasteiger partial charge in [0.05, 0.1) is 36.1 Å². The molecule has 0 unspecified atom stereocenters. The van der Waals surface area contributed by atoms with E-state index in [9.17, 15) is 18.0 Å². The number of hydrogen-bond donors (Lipinski definition) is 2. The minimum Gasteiger partial charge on any atom is -0.482 e. The molecule has 0 radical (unpaired) electrons. The first-order chi connectivity index (χ1) is 14.7. The number of aliphatic hydroxyl groups is 1. The number of pyridine rings is 2. The van der Waals surface area contributed by atoms with Crippen molar-refractivity contribution in [1.82, 2.24) is 25.1 Å². The second-order valence-corrected chi connectivity index (χ2v) is 6.97. The third-order valence-corrected chi connectivity index (χ3v) is 4.38. The van der Waals surface area contributed by atoms with Crippen LogP contribution in [0.2, 0.25) is 0 Å². The number of amides is 1. The van der Waals surface area contributed by atoms with Gasteiger partial charge in [-0.25, -0.2) is 0 Å². The average molecular weight is 437 g/mol. The van der Waals surface area contributed by atoms with Crippen LogP contribution in [0, 0.1) is 6.92 Å². The molecule has 2 N–H and O–H groups in total. The van der Waals surface area contributed by atoms with Gasteiger partial charge in [0.1, 0.15) is 5.75 Å². The molecule has 3 rings (SSSR count). The van der Waals surface area contributed by atoms with Gasteiger partial charge >= 0.3 is 6.18 Å². The van der Waals surface area contributed by atoms with Crippen LogP contribution in [-0.2, 0) is 17.8 Å². The first kappa shape index (κ1) is 22.5. The number of aromatic nitrogens is 4. The number of fused-ring (bicyclic) bond motifs is 1. The summed E-state index contributed by atoms with van der Waals surface area (Å²) in [5.41, 5.74) is 2.37. The number of hydrogen-bond acceptors (Lipinski definition) is 6. The molecule has 3 aromatic rings. The van der Waals surface area contributed by atoms with E-state index in [-0.39, 0.29) is 31.2 Å². The van der Waals surface area contributed by atoms with Crippen LogP contribution in [0.5, 0.6) is 5.75 Å². The van der Waals surface area contributed by atoms with E-state index in [1.54, 1.807) is 36.1 Å². The van der Waals surface area contributed by atoms with E-state index in [1.165, 1.54) is 6.20 Å². The van der Waals surface area contributed by atoms with E-state index in [0.717, 1.165) is 5.39 Å². The molecule has 11 heteroatoms. The minimum absolute atomic E-state index is 0.00380. The largest absolute Gasteiger partial charge is 0.482 e. The summed E-state index contributed by atoms with van der Waals surface area (Å²) in [7, 11) is 0. The molecule has 0 fully saturated rings. The third kappa shape index (κ3) is 6.38. The van der Waals surface area contributed by atoms with Crippen molar-refractivity contribution in [3.8, 4) is 5.75 Å². The maximum absolute atomic E-state index is 12.3. The number of rotatable bonds is 9. The van der Waals surface area contributed by atoms with Crippen LogP contribution >= 0.6 is 0 Å². The Morgan fingerprint density at radius 2 is 2.13 bits per heavy atom. The molecule has 166 valence electrons. The highest BCUT2D eigenvalue weighted by Crippen LogP contribution is 2.22. The van der Waals surface area contributed by atoms with Crippen LogP contribution in [0.4, 0.5) is 13.2 Å². The number of carbonyl (C=O) groups is 1. The summed E-state index contributed by atoms with van der Waals surface area (Å²) in [6.45, 7) is 0.954. The van der Waals surface area contributed by atoms with Gasteiger partial charge in [0.15, 0.2) is 6.61 Å². The fraction of sp³-hybridized carbons (Fsp3) is 0.400. The number of aryl methyl sites for hydroxylation is 1. The molecule has 0 aliphatic carbocycles. The Kier molecular flexibility index (Phi) is 7.06. The molecule has 0 saturated heterocycles. The maximum atomic E-state index is 12.3. The SMILES string of the molecule is Cc1cc(Cn2cc3c(CC(=O)NCCCO)nccc3n2)ncc1OCC(F)(F)F. The van der Waals surface area contributed by atoms with Gasteiger partial charge in [-0.1, -0.05) is 0 Å². The Morgan fingerprint density at radius 3 is 2.84 bits per heavy atom. The highest BCUT2D eigenvalue weighted by atomic mass is 19.4. The second-order valence-electron chi connectivity index (χ2n) is 6.97. The van der Waals surface area contributed by atoms with Gasteiger partial charge in [-0.2, -0.15) is 18.3 Å². The van der Waals surface area contributed by atoms with E-state index in [1.807, 2.05) is 0 Å². The monoisotopic (exact) mass is 437 g/mol. The van der Waals surface area contributed by atoms with E-state index in [0.29, 0.717) is 35.4 Å². The summed E-state index contributed by atoms with van der Waals surface area (Å²) < 4.78 is 43.4. The Hall–Kier alpha value is -3.21. The Balaban J connectivity index is 1.71. The number of nitrogens with zero attached hydrogens (tertiary/aromatic N) is 4. The van der Waals surface area contributed by atoms with Gasteiger partial charge in [-0.15, -0.1) is 0 Å². The van der Waals surface area contributed by atoms with Crippen molar-refractivity contribution >= 4 is 16.8 Å². The fourth-order valence-corrected chi connectivity index (χ4v) is 2.96. The number of nitrogens with one attached hydrogen (secondary N) is 1. The normalized spacial score (nSPS) is 11.6. The van der Waals surface area contributed by atoms with Crippen molar-refractivity contribution in [2.24, 2.45) is 0 Å². The summed E-state index contributed by atoms with van der Waals surface area (Å²) in [5, 5.41) is 16.7. The summed E-state index contributed by atoms with van der Waals surface area (Å²) >= 11 is 0. The molecule has 0 aliphatic rings. The lowest BCUT2D eigenvalue weighted by molar-refractivity contribution is -0.153. The van der Waals surface area contributed by atoms with Gasteiger partial charge in [0, 0.05) is 30.9 Å². The Bertz CT molecular complexity index is 1050. The molecule has 0 spiro atoms. The first-order valence-electron chi connectivity index (χ1n) is 9.59. The number of ether oxygens (including phenoxy) is 1. The van der Waals surface area contributed by atoms with Gasteiger partial charge < -0.3 is 15.2 Å². The quantitative estimate of drug-likeness (QED) is 0.498. The average Bonchev–Trinajstić information content (AvgIpc) is 3.10. The lowest BCUT2D eigenvalue weighted by atomic mass is 10.2. The molecule has 0 aromatic carbocycles. The van der Waals surface area contributed by atoms with Gasteiger partial charge in [-0.05, 0) is 31.0 Å². The third-order valence-electron chi connectivity index (χ3n) is 4.38. The molecular weight excluding hydrogens is 415 g/mol. The highest BCUT2D eigenvalue weighted by Gasteiger charge is 2.28. The lowest BCUT2D eigenvalue weighted by Gasteiger charge is -2.11. The number of alkyl halides is 3. The zero-order valence-electron chi connectivity index (χ0n) is 16.8. The van der Waals surface area contributed by atoms with Crippen LogP contribution in [0.15, 0.2) is 30.7 Å². The van der Waals surface area contributed by atoms with Crippen LogP contribution in [0.1, 0.15) is 23.4 Å². The molecule has 1 amide bonds. The van der Waals surface area contributed by atoms with Gasteiger partial charge in [-0.3, -0.25) is 19.4 Å². The van der Waals surface area contributed by atoms with Crippen LogP contribution in [0.25, 0.3) is 10.9 Å². The van der Waals surface area contributed by atoms with E-state index < -0.39 is 12.8 Å². The minimum atomic E-state index is -4.41. The standard InChI is InChI=1S/C20H22F3N5O3/c1-13-7-14(26-9-18(13)31-12-20(21,22)23)10-28-11-15-16(27-28)3-5-24-17(15)8-19(30)25-4-2-6-29/h3,5,7,9,11,29H,2,4,6,8,10,12H2,1H3,(H,25,30). The molecule has 0 atom stereocenters. The summed E-state index contributed by atoms with van der Waals surface area (Å²) in [6, 6.07) is 3.37. The molecule has 8 nitrogen and oxygen atoms in total. The van der Waals surface area contributed by atoms with E-state index >= 15 is 0 Å². The van der Waals surface area contributed by atoms with Crippen molar-refractivity contribution < 1.29 is 27.8 Å². The zero-order chi connectivity index (χ0) is 22.4. The molecule has 0 bridgehead atoms. The molecule has 0 aliphatic heterocycles. The second kappa shape index (κ2) is 9.73. The summed E-state index contributed by atoms with van der Waals surface area (Å²) in [5.74, 6) is -0.127. The fourth-order valence-electron chi connectivity index (χ4n) is 2.96. The van der Waals surface area contributed by atoms with Gasteiger partial charge in [0.2, 0.25) is 5.91 Å². The summed E-state index contributed by atoms with van der Waals surface area (Å²) in [4.78, 5) is 20.5. The topological polar surface area (TPSA) is 102 Å².